The van der Waals surface area contributed by atoms with Gasteiger partial charge in [-0.3, -0.25) is 0 Å². The van der Waals surface area contributed by atoms with Crippen LogP contribution in [0.5, 0.6) is 0 Å². The third-order valence-corrected chi connectivity index (χ3v) is 6.22. The molecule has 1 N–H and O–H groups in total. The fraction of sp³-hybridized carbons (Fsp3) is 0.176. The Kier molecular flexibility index (Phi) is 3.59. The highest BCUT2D eigenvalue weighted by Gasteiger charge is 2.30. The predicted octanol–water partition coefficient (Wildman–Crippen LogP) is 5.29. The van der Waals surface area contributed by atoms with E-state index in [1.165, 1.54) is 20.9 Å². The second-order valence-corrected chi connectivity index (χ2v) is 7.56. The Labute approximate surface area is 137 Å². The Morgan fingerprint density at radius 1 is 1.00 bits per heavy atom. The van der Waals surface area contributed by atoms with Crippen molar-refractivity contribution in [3.63, 3.8) is 0 Å². The molecule has 2 unspecified atom stereocenters. The van der Waals surface area contributed by atoms with Gasteiger partial charge in [0, 0.05) is 27.2 Å². The van der Waals surface area contributed by atoms with Crippen molar-refractivity contribution in [1.82, 2.24) is 5.32 Å². The van der Waals surface area contributed by atoms with E-state index in [2.05, 4.69) is 46.4 Å². The van der Waals surface area contributed by atoms with Crippen LogP contribution in [0.4, 0.5) is 0 Å². The third kappa shape index (κ3) is 2.44. The summed E-state index contributed by atoms with van der Waals surface area (Å²) in [6, 6.07) is 15.2. The zero-order chi connectivity index (χ0) is 14.2. The normalized spacial score (nSPS) is 21.2. The van der Waals surface area contributed by atoms with Crippen molar-refractivity contribution in [2.45, 2.75) is 12.0 Å². The molecule has 1 aromatic carbocycles. The molecule has 21 heavy (non-hydrogen) atoms. The minimum absolute atomic E-state index is 0.342. The molecule has 0 bridgehead atoms. The number of halogens is 1. The molecular formula is C17H14ClNS2. The van der Waals surface area contributed by atoms with Gasteiger partial charge < -0.3 is 5.32 Å². The lowest BCUT2D eigenvalue weighted by atomic mass is 9.88. The number of benzene rings is 1. The summed E-state index contributed by atoms with van der Waals surface area (Å²) in [5, 5.41) is 8.86. The van der Waals surface area contributed by atoms with E-state index >= 15 is 0 Å². The van der Waals surface area contributed by atoms with E-state index in [1.54, 1.807) is 0 Å². The van der Waals surface area contributed by atoms with Crippen molar-refractivity contribution in [2.24, 2.45) is 0 Å². The van der Waals surface area contributed by atoms with Crippen LogP contribution in [0, 0.1) is 0 Å². The van der Waals surface area contributed by atoms with E-state index in [1.807, 2.05) is 34.8 Å². The summed E-state index contributed by atoms with van der Waals surface area (Å²) in [6.45, 7) is 0.970. The minimum Gasteiger partial charge on any atom is -0.305 e. The summed E-state index contributed by atoms with van der Waals surface area (Å²) in [7, 11) is 0. The molecule has 4 rings (SSSR count). The van der Waals surface area contributed by atoms with E-state index in [4.69, 9.17) is 11.6 Å². The lowest BCUT2D eigenvalue weighted by Crippen LogP contribution is -2.32. The fourth-order valence-electron chi connectivity index (χ4n) is 2.96. The summed E-state index contributed by atoms with van der Waals surface area (Å²) in [4.78, 5) is 2.87. The van der Waals surface area contributed by atoms with Gasteiger partial charge in [-0.25, -0.2) is 0 Å². The number of fused-ring (bicyclic) bond motifs is 1. The molecule has 0 fully saturated rings. The molecule has 0 amide bonds. The van der Waals surface area contributed by atoms with Gasteiger partial charge in [0.15, 0.2) is 0 Å². The monoisotopic (exact) mass is 331 g/mol. The number of hydrogen-bond donors (Lipinski definition) is 1. The van der Waals surface area contributed by atoms with E-state index in [0.29, 0.717) is 12.0 Å². The van der Waals surface area contributed by atoms with Crippen LogP contribution in [0.15, 0.2) is 53.2 Å². The zero-order valence-electron chi connectivity index (χ0n) is 11.3. The lowest BCUT2D eigenvalue weighted by molar-refractivity contribution is 0.544. The molecule has 1 aliphatic heterocycles. The highest BCUT2D eigenvalue weighted by molar-refractivity contribution is 7.10. The van der Waals surface area contributed by atoms with Gasteiger partial charge in [0.1, 0.15) is 0 Å². The Hall–Kier alpha value is -1.13. The van der Waals surface area contributed by atoms with Crippen LogP contribution in [0.25, 0.3) is 0 Å². The smallest absolute Gasteiger partial charge is 0.0682 e. The highest BCUT2D eigenvalue weighted by Crippen LogP contribution is 2.41. The second kappa shape index (κ2) is 5.58. The first-order chi connectivity index (χ1) is 10.3. The highest BCUT2D eigenvalue weighted by atomic mass is 35.5. The van der Waals surface area contributed by atoms with Gasteiger partial charge in [-0.2, -0.15) is 0 Å². The number of nitrogens with one attached hydrogen (secondary N) is 1. The molecule has 0 saturated heterocycles. The lowest BCUT2D eigenvalue weighted by Gasteiger charge is -2.30. The largest absolute Gasteiger partial charge is 0.305 e. The summed E-state index contributed by atoms with van der Waals surface area (Å²) >= 11 is 9.69. The van der Waals surface area contributed by atoms with E-state index in [9.17, 15) is 0 Å². The van der Waals surface area contributed by atoms with Crippen molar-refractivity contribution < 1.29 is 0 Å². The third-order valence-electron chi connectivity index (χ3n) is 3.98. The van der Waals surface area contributed by atoms with Crippen LogP contribution in [0.2, 0.25) is 5.02 Å². The van der Waals surface area contributed by atoms with Crippen molar-refractivity contribution >= 4 is 34.3 Å². The van der Waals surface area contributed by atoms with Crippen LogP contribution in [0.1, 0.15) is 32.8 Å². The molecule has 0 spiro atoms. The van der Waals surface area contributed by atoms with Gasteiger partial charge in [-0.1, -0.05) is 29.8 Å². The standard InChI is InChI=1S/C17H14ClNS2/c18-12-5-3-11(4-6-12)14-10-19-16(15-2-1-8-20-15)13-7-9-21-17(13)14/h1-9,14,16,19H,10H2. The van der Waals surface area contributed by atoms with Gasteiger partial charge in [0.05, 0.1) is 6.04 Å². The molecule has 1 aliphatic rings. The summed E-state index contributed by atoms with van der Waals surface area (Å²) in [6.07, 6.45) is 0. The van der Waals surface area contributed by atoms with Gasteiger partial charge in [0.2, 0.25) is 0 Å². The molecule has 106 valence electrons. The maximum absolute atomic E-state index is 6.01. The molecule has 3 heterocycles. The Bertz CT molecular complexity index is 731. The first-order valence-corrected chi connectivity index (χ1v) is 9.06. The maximum Gasteiger partial charge on any atom is 0.0682 e. The summed E-state index contributed by atoms with van der Waals surface area (Å²) in [5.41, 5.74) is 2.76. The van der Waals surface area contributed by atoms with E-state index < -0.39 is 0 Å². The number of thiophene rings is 2. The minimum atomic E-state index is 0.342. The van der Waals surface area contributed by atoms with Gasteiger partial charge in [0.25, 0.3) is 0 Å². The second-order valence-electron chi connectivity index (χ2n) is 5.20. The Morgan fingerprint density at radius 3 is 2.62 bits per heavy atom. The number of hydrogen-bond acceptors (Lipinski definition) is 3. The average molecular weight is 332 g/mol. The first-order valence-electron chi connectivity index (χ1n) is 6.92. The molecule has 2 atom stereocenters. The molecule has 2 aromatic heterocycles. The number of rotatable bonds is 2. The van der Waals surface area contributed by atoms with Crippen LogP contribution in [-0.2, 0) is 0 Å². The Morgan fingerprint density at radius 2 is 1.86 bits per heavy atom. The molecule has 3 aromatic rings. The quantitative estimate of drug-likeness (QED) is 0.673. The molecule has 4 heteroatoms. The van der Waals surface area contributed by atoms with Crippen LogP contribution >= 0.6 is 34.3 Å². The zero-order valence-corrected chi connectivity index (χ0v) is 13.6. The van der Waals surface area contributed by atoms with Crippen LogP contribution in [-0.4, -0.2) is 6.54 Å². The fourth-order valence-corrected chi connectivity index (χ4v) is 4.98. The molecule has 1 nitrogen and oxygen atoms in total. The van der Waals surface area contributed by atoms with Crippen LogP contribution < -0.4 is 5.32 Å². The maximum atomic E-state index is 6.01. The van der Waals surface area contributed by atoms with Gasteiger partial charge in [-0.05, 0) is 46.2 Å². The van der Waals surface area contributed by atoms with Gasteiger partial charge in [-0.15, -0.1) is 22.7 Å². The molecule has 0 aliphatic carbocycles. The molecule has 0 saturated carbocycles. The molecule has 0 radical (unpaired) electrons. The van der Waals surface area contributed by atoms with Gasteiger partial charge >= 0.3 is 0 Å². The average Bonchev–Trinajstić information content (AvgIpc) is 3.19. The van der Waals surface area contributed by atoms with Crippen molar-refractivity contribution in [2.75, 3.05) is 6.54 Å². The van der Waals surface area contributed by atoms with Crippen molar-refractivity contribution in [3.8, 4) is 0 Å². The molecular weight excluding hydrogens is 318 g/mol. The van der Waals surface area contributed by atoms with Crippen LogP contribution in [0.3, 0.4) is 0 Å². The predicted molar refractivity (Wildman–Crippen MR) is 91.8 cm³/mol. The summed E-state index contributed by atoms with van der Waals surface area (Å²) in [5.74, 6) is 0.425. The van der Waals surface area contributed by atoms with Crippen molar-refractivity contribution in [3.05, 3.63) is 79.1 Å². The Balaban J connectivity index is 1.73. The van der Waals surface area contributed by atoms with E-state index in [0.717, 1.165) is 11.6 Å². The topological polar surface area (TPSA) is 12.0 Å². The van der Waals surface area contributed by atoms with E-state index in [-0.39, 0.29) is 0 Å². The SMILES string of the molecule is Clc1ccc(C2CNC(c3cccs3)c3ccsc32)cc1. The van der Waals surface area contributed by atoms with Crippen molar-refractivity contribution in [1.29, 1.82) is 0 Å². The summed E-state index contributed by atoms with van der Waals surface area (Å²) < 4.78 is 0. The first kappa shape index (κ1) is 13.5.